The molecule has 0 spiro atoms. The first-order chi connectivity index (χ1) is 6.65. The Bertz CT molecular complexity index is 325. The number of hydrogen-bond acceptors (Lipinski definition) is 2. The molecule has 0 N–H and O–H groups in total. The lowest BCUT2D eigenvalue weighted by Crippen LogP contribution is -2.07. The van der Waals surface area contributed by atoms with Gasteiger partial charge in [0.25, 0.3) is 0 Å². The maximum Gasteiger partial charge on any atom is 0.182 e. The number of halogens is 1. The fourth-order valence-electron chi connectivity index (χ4n) is 1.15. The van der Waals surface area contributed by atoms with Crippen molar-refractivity contribution in [2.75, 3.05) is 0 Å². The number of carbonyl (C=O) groups excluding carboxylic acids is 1. The van der Waals surface area contributed by atoms with Crippen LogP contribution in [0.5, 0.6) is 0 Å². The van der Waals surface area contributed by atoms with Gasteiger partial charge in [-0.1, -0.05) is 31.9 Å². The Hall–Kier alpha value is -0.890. The molecule has 1 heterocycles. The molecule has 1 aromatic heterocycles. The van der Waals surface area contributed by atoms with E-state index in [0.717, 1.165) is 6.42 Å². The van der Waals surface area contributed by atoms with Gasteiger partial charge in [-0.05, 0) is 18.1 Å². The minimum Gasteiger partial charge on any atom is -0.292 e. The van der Waals surface area contributed by atoms with E-state index in [4.69, 9.17) is 11.6 Å². The molecule has 0 aromatic carbocycles. The van der Waals surface area contributed by atoms with Gasteiger partial charge in [0.05, 0.1) is 5.02 Å². The Labute approximate surface area is 89.3 Å². The Balaban J connectivity index is 2.75. The third-order valence-corrected chi connectivity index (χ3v) is 2.56. The molecule has 0 aliphatic heterocycles. The molecular weight excluding hydrogens is 198 g/mol. The molecule has 2 nitrogen and oxygen atoms in total. The molecule has 0 bridgehead atoms. The normalized spacial score (nSPS) is 12.5. The number of aromatic nitrogens is 1. The maximum absolute atomic E-state index is 11.7. The molecule has 76 valence electrons. The maximum atomic E-state index is 11.7. The smallest absolute Gasteiger partial charge is 0.182 e. The minimum atomic E-state index is 0.0324. The van der Waals surface area contributed by atoms with Crippen molar-refractivity contribution in [2.24, 2.45) is 5.92 Å². The van der Waals surface area contributed by atoms with E-state index in [1.54, 1.807) is 18.3 Å². The molecule has 0 amide bonds. The predicted molar refractivity (Wildman–Crippen MR) is 57.6 cm³/mol. The van der Waals surface area contributed by atoms with E-state index in [0.29, 0.717) is 23.1 Å². The Kier molecular flexibility index (Phi) is 4.08. The predicted octanol–water partition coefficient (Wildman–Crippen LogP) is 3.35. The van der Waals surface area contributed by atoms with Crippen LogP contribution in [-0.2, 0) is 0 Å². The summed E-state index contributed by atoms with van der Waals surface area (Å²) in [6.45, 7) is 4.12. The lowest BCUT2D eigenvalue weighted by Gasteiger charge is -2.07. The van der Waals surface area contributed by atoms with Gasteiger partial charge in [-0.3, -0.25) is 9.78 Å². The van der Waals surface area contributed by atoms with Crippen LogP contribution in [0, 0.1) is 5.92 Å². The summed E-state index contributed by atoms with van der Waals surface area (Å²) in [6, 6.07) is 3.42. The lowest BCUT2D eigenvalue weighted by molar-refractivity contribution is 0.0959. The van der Waals surface area contributed by atoms with E-state index in [2.05, 4.69) is 18.8 Å². The molecule has 0 aliphatic carbocycles. The molecule has 1 rings (SSSR count). The lowest BCUT2D eigenvalue weighted by atomic mass is 10.0. The molecule has 1 aromatic rings. The monoisotopic (exact) mass is 211 g/mol. The van der Waals surface area contributed by atoms with Gasteiger partial charge in [0, 0.05) is 12.6 Å². The average Bonchev–Trinajstić information content (AvgIpc) is 2.18. The molecule has 3 heteroatoms. The van der Waals surface area contributed by atoms with Crippen molar-refractivity contribution < 1.29 is 4.79 Å². The molecular formula is C11H14ClNO. The first-order valence-electron chi connectivity index (χ1n) is 4.78. The van der Waals surface area contributed by atoms with Crippen LogP contribution in [0.1, 0.15) is 37.2 Å². The highest BCUT2D eigenvalue weighted by Gasteiger charge is 2.13. The van der Waals surface area contributed by atoms with E-state index in [1.807, 2.05) is 0 Å². The van der Waals surface area contributed by atoms with Gasteiger partial charge in [-0.25, -0.2) is 0 Å². The zero-order chi connectivity index (χ0) is 10.6. The van der Waals surface area contributed by atoms with Crippen molar-refractivity contribution in [1.29, 1.82) is 0 Å². The van der Waals surface area contributed by atoms with E-state index in [9.17, 15) is 4.79 Å². The molecule has 1 unspecified atom stereocenters. The number of carbonyl (C=O) groups is 1. The number of Topliss-reactive ketones (excluding diaryl/α,β-unsaturated/α-hetero) is 1. The van der Waals surface area contributed by atoms with Gasteiger partial charge in [-0.15, -0.1) is 0 Å². The van der Waals surface area contributed by atoms with Gasteiger partial charge >= 0.3 is 0 Å². The number of rotatable bonds is 4. The summed E-state index contributed by atoms with van der Waals surface area (Å²) in [6.07, 6.45) is 3.11. The first-order valence-corrected chi connectivity index (χ1v) is 5.16. The second kappa shape index (κ2) is 5.11. The minimum absolute atomic E-state index is 0.0324. The van der Waals surface area contributed by atoms with Crippen LogP contribution >= 0.6 is 11.6 Å². The number of nitrogens with zero attached hydrogens (tertiary/aromatic N) is 1. The fraction of sp³-hybridized carbons (Fsp3) is 0.455. The van der Waals surface area contributed by atoms with Gasteiger partial charge in [-0.2, -0.15) is 0 Å². The first kappa shape index (κ1) is 11.2. The largest absolute Gasteiger partial charge is 0.292 e. The zero-order valence-electron chi connectivity index (χ0n) is 8.46. The molecule has 0 saturated carbocycles. The van der Waals surface area contributed by atoms with Crippen LogP contribution in [0.15, 0.2) is 18.3 Å². The highest BCUT2D eigenvalue weighted by atomic mass is 35.5. The number of hydrogen-bond donors (Lipinski definition) is 0. The third-order valence-electron chi connectivity index (χ3n) is 2.25. The van der Waals surface area contributed by atoms with Gasteiger partial charge in [0.15, 0.2) is 5.78 Å². The van der Waals surface area contributed by atoms with Crippen molar-refractivity contribution in [3.8, 4) is 0 Å². The van der Waals surface area contributed by atoms with E-state index < -0.39 is 0 Å². The van der Waals surface area contributed by atoms with E-state index in [-0.39, 0.29) is 5.78 Å². The third kappa shape index (κ3) is 2.81. The van der Waals surface area contributed by atoms with E-state index in [1.165, 1.54) is 0 Å². The van der Waals surface area contributed by atoms with Crippen LogP contribution in [0.2, 0.25) is 5.02 Å². The van der Waals surface area contributed by atoms with Gasteiger partial charge in [0.2, 0.25) is 0 Å². The van der Waals surface area contributed by atoms with Crippen molar-refractivity contribution in [3.05, 3.63) is 29.0 Å². The van der Waals surface area contributed by atoms with Crippen molar-refractivity contribution in [1.82, 2.24) is 4.98 Å². The number of pyridine rings is 1. The van der Waals surface area contributed by atoms with Crippen molar-refractivity contribution >= 4 is 17.4 Å². The Morgan fingerprint density at radius 2 is 2.36 bits per heavy atom. The van der Waals surface area contributed by atoms with Crippen molar-refractivity contribution in [2.45, 2.75) is 26.7 Å². The standard InChI is InChI=1S/C11H14ClNO/c1-3-8(2)7-10(14)11-9(12)5-4-6-13-11/h4-6,8H,3,7H2,1-2H3. The zero-order valence-corrected chi connectivity index (χ0v) is 9.21. The van der Waals surface area contributed by atoms with Gasteiger partial charge in [0.1, 0.15) is 5.69 Å². The summed E-state index contributed by atoms with van der Waals surface area (Å²) in [4.78, 5) is 15.7. The highest BCUT2D eigenvalue weighted by molar-refractivity contribution is 6.33. The summed E-state index contributed by atoms with van der Waals surface area (Å²) in [5.74, 6) is 0.422. The van der Waals surface area contributed by atoms with E-state index >= 15 is 0 Å². The fourth-order valence-corrected chi connectivity index (χ4v) is 1.38. The second-order valence-electron chi connectivity index (χ2n) is 3.47. The summed E-state index contributed by atoms with van der Waals surface area (Å²) in [5.41, 5.74) is 0.398. The summed E-state index contributed by atoms with van der Waals surface area (Å²) >= 11 is 5.86. The van der Waals surface area contributed by atoms with Crippen LogP contribution in [-0.4, -0.2) is 10.8 Å². The molecule has 0 fully saturated rings. The summed E-state index contributed by atoms with van der Waals surface area (Å²) < 4.78 is 0. The molecule has 14 heavy (non-hydrogen) atoms. The second-order valence-corrected chi connectivity index (χ2v) is 3.88. The highest BCUT2D eigenvalue weighted by Crippen LogP contribution is 2.17. The van der Waals surface area contributed by atoms with Crippen molar-refractivity contribution in [3.63, 3.8) is 0 Å². The van der Waals surface area contributed by atoms with Crippen LogP contribution in [0.25, 0.3) is 0 Å². The van der Waals surface area contributed by atoms with Crippen LogP contribution in [0.4, 0.5) is 0 Å². The average molecular weight is 212 g/mol. The van der Waals surface area contributed by atoms with Gasteiger partial charge < -0.3 is 0 Å². The molecule has 0 saturated heterocycles. The molecule has 0 radical (unpaired) electrons. The Morgan fingerprint density at radius 1 is 1.64 bits per heavy atom. The quantitative estimate of drug-likeness (QED) is 0.715. The Morgan fingerprint density at radius 3 is 2.93 bits per heavy atom. The summed E-state index contributed by atoms with van der Waals surface area (Å²) in [5, 5.41) is 0.445. The SMILES string of the molecule is CCC(C)CC(=O)c1ncccc1Cl. The van der Waals surface area contributed by atoms with Crippen LogP contribution < -0.4 is 0 Å². The number of ketones is 1. The van der Waals surface area contributed by atoms with Crippen LogP contribution in [0.3, 0.4) is 0 Å². The summed E-state index contributed by atoms with van der Waals surface area (Å²) in [7, 11) is 0. The molecule has 0 aliphatic rings. The topological polar surface area (TPSA) is 30.0 Å². The molecule has 1 atom stereocenters.